The van der Waals surface area contributed by atoms with Crippen LogP contribution in [0.25, 0.3) is 5.69 Å². The third-order valence-electron chi connectivity index (χ3n) is 6.31. The summed E-state index contributed by atoms with van der Waals surface area (Å²) in [6, 6.07) is 22.9. The fourth-order valence-corrected chi connectivity index (χ4v) is 5.14. The summed E-state index contributed by atoms with van der Waals surface area (Å²) in [7, 11) is 0. The molecule has 0 aliphatic carbocycles. The lowest BCUT2D eigenvalue weighted by atomic mass is 9.96. The van der Waals surface area contributed by atoms with Crippen LogP contribution >= 0.6 is 12.2 Å². The number of benzene rings is 1. The van der Waals surface area contributed by atoms with Gasteiger partial charge < -0.3 is 14.8 Å². The molecule has 1 saturated heterocycles. The highest BCUT2D eigenvalue weighted by Crippen LogP contribution is 2.42. The summed E-state index contributed by atoms with van der Waals surface area (Å²) in [5, 5.41) is 4.28. The second-order valence-corrected chi connectivity index (χ2v) is 8.96. The van der Waals surface area contributed by atoms with E-state index < -0.39 is 0 Å². The number of nitrogens with one attached hydrogen (secondary N) is 1. The van der Waals surface area contributed by atoms with Gasteiger partial charge in [-0.15, -0.1) is 0 Å². The van der Waals surface area contributed by atoms with Gasteiger partial charge in [-0.1, -0.05) is 24.3 Å². The predicted molar refractivity (Wildman–Crippen MR) is 135 cm³/mol. The summed E-state index contributed by atoms with van der Waals surface area (Å²) < 4.78 is 2.33. The van der Waals surface area contributed by atoms with E-state index in [0.29, 0.717) is 6.54 Å². The van der Waals surface area contributed by atoms with Gasteiger partial charge in [-0.2, -0.15) is 0 Å². The van der Waals surface area contributed by atoms with Crippen LogP contribution in [0.2, 0.25) is 0 Å². The molecule has 6 heteroatoms. The minimum absolute atomic E-state index is 0.000773. The first-order chi connectivity index (χ1) is 16.0. The summed E-state index contributed by atoms with van der Waals surface area (Å²) in [6.45, 7) is 7.12. The highest BCUT2D eigenvalue weighted by Gasteiger charge is 2.41. The molecule has 5 rings (SSSR count). The van der Waals surface area contributed by atoms with Crippen molar-refractivity contribution in [1.82, 2.24) is 24.8 Å². The Hall–Kier alpha value is -3.51. The van der Waals surface area contributed by atoms with E-state index in [4.69, 9.17) is 12.2 Å². The van der Waals surface area contributed by atoms with E-state index in [1.165, 1.54) is 28.2 Å². The highest BCUT2D eigenvalue weighted by molar-refractivity contribution is 7.80. The molecule has 4 heterocycles. The van der Waals surface area contributed by atoms with Crippen molar-refractivity contribution < 1.29 is 0 Å². The van der Waals surface area contributed by atoms with Gasteiger partial charge in [-0.25, -0.2) is 0 Å². The van der Waals surface area contributed by atoms with Crippen LogP contribution in [0.5, 0.6) is 0 Å². The van der Waals surface area contributed by atoms with E-state index >= 15 is 0 Å². The zero-order valence-electron chi connectivity index (χ0n) is 19.1. The lowest BCUT2D eigenvalue weighted by molar-refractivity contribution is 0.307. The molecular weight excluding hydrogens is 426 g/mol. The predicted octanol–water partition coefficient (Wildman–Crippen LogP) is 5.37. The van der Waals surface area contributed by atoms with Crippen molar-refractivity contribution in [2.24, 2.45) is 0 Å². The van der Waals surface area contributed by atoms with Gasteiger partial charge in [-0.3, -0.25) is 9.97 Å². The molecule has 0 amide bonds. The molecule has 5 nitrogen and oxygen atoms in total. The maximum atomic E-state index is 5.84. The first kappa shape index (κ1) is 21.3. The average molecular weight is 454 g/mol. The molecular formula is C27H27N5S. The lowest BCUT2D eigenvalue weighted by Gasteiger charge is -2.28. The highest BCUT2D eigenvalue weighted by atomic mass is 32.1. The number of thiocarbonyl (C=S) groups is 1. The molecule has 4 aromatic rings. The van der Waals surface area contributed by atoms with E-state index in [9.17, 15) is 0 Å². The largest absolute Gasteiger partial charge is 0.352 e. The van der Waals surface area contributed by atoms with E-state index in [1.54, 1.807) is 0 Å². The van der Waals surface area contributed by atoms with Gasteiger partial charge in [0.05, 0.1) is 30.0 Å². The van der Waals surface area contributed by atoms with Gasteiger partial charge in [0.15, 0.2) is 5.11 Å². The molecule has 3 aromatic heterocycles. The number of aromatic nitrogens is 3. The first-order valence-electron chi connectivity index (χ1n) is 11.2. The van der Waals surface area contributed by atoms with Crippen LogP contribution in [0.4, 0.5) is 0 Å². The second kappa shape index (κ2) is 8.79. The SMILES string of the molecule is Cc1cccc(-n2c(C)cc([C@H]3[C@@H](c4ccccn4)NC(=S)N3Cc3ccccn3)c2C)c1. The summed E-state index contributed by atoms with van der Waals surface area (Å²) in [4.78, 5) is 11.5. The number of hydrogen-bond acceptors (Lipinski definition) is 3. The van der Waals surface area contributed by atoms with Crippen LogP contribution in [0, 0.1) is 20.8 Å². The Kier molecular flexibility index (Phi) is 5.68. The molecule has 1 aromatic carbocycles. The van der Waals surface area contributed by atoms with Crippen LogP contribution in [0.15, 0.2) is 79.1 Å². The summed E-state index contributed by atoms with van der Waals surface area (Å²) >= 11 is 5.84. The van der Waals surface area contributed by atoms with E-state index in [0.717, 1.165) is 16.5 Å². The van der Waals surface area contributed by atoms with Crippen molar-refractivity contribution >= 4 is 17.3 Å². The van der Waals surface area contributed by atoms with Crippen LogP contribution < -0.4 is 5.32 Å². The molecule has 1 fully saturated rings. The maximum absolute atomic E-state index is 5.84. The van der Waals surface area contributed by atoms with Crippen LogP contribution in [-0.4, -0.2) is 24.5 Å². The molecule has 1 aliphatic heterocycles. The van der Waals surface area contributed by atoms with Crippen molar-refractivity contribution in [3.05, 3.63) is 113 Å². The van der Waals surface area contributed by atoms with Crippen molar-refractivity contribution in [2.75, 3.05) is 0 Å². The normalized spacial score (nSPS) is 17.9. The monoisotopic (exact) mass is 453 g/mol. The number of nitrogens with zero attached hydrogens (tertiary/aromatic N) is 4. The lowest BCUT2D eigenvalue weighted by Crippen LogP contribution is -2.29. The third kappa shape index (κ3) is 4.02. The molecule has 2 atom stereocenters. The van der Waals surface area contributed by atoms with Gasteiger partial charge in [0.2, 0.25) is 0 Å². The number of hydrogen-bond donors (Lipinski definition) is 1. The van der Waals surface area contributed by atoms with Crippen molar-refractivity contribution in [3.8, 4) is 5.69 Å². The quantitative estimate of drug-likeness (QED) is 0.412. The smallest absolute Gasteiger partial charge is 0.170 e. The Morgan fingerprint density at radius 2 is 1.70 bits per heavy atom. The fourth-order valence-electron chi connectivity index (χ4n) is 4.83. The molecule has 0 bridgehead atoms. The second-order valence-electron chi connectivity index (χ2n) is 8.58. The average Bonchev–Trinajstić information content (AvgIpc) is 3.30. The number of pyridine rings is 2. The molecule has 1 aliphatic rings. The van der Waals surface area contributed by atoms with Gasteiger partial charge in [0.25, 0.3) is 0 Å². The summed E-state index contributed by atoms with van der Waals surface area (Å²) in [5.41, 5.74) is 8.04. The van der Waals surface area contributed by atoms with E-state index in [2.05, 4.69) is 81.9 Å². The molecule has 0 spiro atoms. The first-order valence-corrected chi connectivity index (χ1v) is 11.6. The molecule has 0 saturated carbocycles. The van der Waals surface area contributed by atoms with Crippen molar-refractivity contribution in [3.63, 3.8) is 0 Å². The Bertz CT molecular complexity index is 1280. The zero-order valence-corrected chi connectivity index (χ0v) is 19.9. The maximum Gasteiger partial charge on any atom is 0.170 e. The standard InChI is InChI=1S/C27H27N5S/c1-18-9-8-11-22(15-18)32-19(2)16-23(20(32)3)26-25(24-12-5-7-14-29-24)30-27(33)31(26)17-21-10-4-6-13-28-21/h4-16,25-26H,17H2,1-3H3,(H,30,33)/t25-,26+/m1/s1. The van der Waals surface area contributed by atoms with E-state index in [1.807, 2.05) is 42.7 Å². The Balaban J connectivity index is 1.62. The van der Waals surface area contributed by atoms with Crippen LogP contribution in [0.1, 0.15) is 46.0 Å². The zero-order chi connectivity index (χ0) is 22.9. The fraction of sp³-hybridized carbons (Fsp3) is 0.222. The minimum atomic E-state index is -0.0473. The minimum Gasteiger partial charge on any atom is -0.352 e. The summed E-state index contributed by atoms with van der Waals surface area (Å²) in [6.07, 6.45) is 3.67. The Morgan fingerprint density at radius 3 is 2.39 bits per heavy atom. The molecule has 166 valence electrons. The Morgan fingerprint density at radius 1 is 0.909 bits per heavy atom. The van der Waals surface area contributed by atoms with Crippen LogP contribution in [-0.2, 0) is 6.54 Å². The van der Waals surface area contributed by atoms with Gasteiger partial charge in [-0.05, 0) is 86.6 Å². The topological polar surface area (TPSA) is 46.0 Å². The van der Waals surface area contributed by atoms with Gasteiger partial charge in [0.1, 0.15) is 0 Å². The van der Waals surface area contributed by atoms with Crippen LogP contribution in [0.3, 0.4) is 0 Å². The number of aryl methyl sites for hydroxylation is 2. The molecule has 0 radical (unpaired) electrons. The number of rotatable bonds is 5. The third-order valence-corrected chi connectivity index (χ3v) is 6.66. The molecule has 0 unspecified atom stereocenters. The molecule has 1 N–H and O–H groups in total. The van der Waals surface area contributed by atoms with Crippen molar-refractivity contribution in [2.45, 2.75) is 39.4 Å². The van der Waals surface area contributed by atoms with E-state index in [-0.39, 0.29) is 12.1 Å². The van der Waals surface area contributed by atoms with Gasteiger partial charge >= 0.3 is 0 Å². The molecule has 33 heavy (non-hydrogen) atoms. The van der Waals surface area contributed by atoms with Gasteiger partial charge in [0, 0.05) is 29.5 Å². The van der Waals surface area contributed by atoms with Crippen molar-refractivity contribution in [1.29, 1.82) is 0 Å². The summed E-state index contributed by atoms with van der Waals surface area (Å²) in [5.74, 6) is 0. The Labute approximate surface area is 200 Å².